The molecule has 0 radical (unpaired) electrons. The van der Waals surface area contributed by atoms with Crippen LogP contribution in [0.3, 0.4) is 0 Å². The largest absolute Gasteiger partial charge is 0.368 e. The zero-order valence-electron chi connectivity index (χ0n) is 19.9. The van der Waals surface area contributed by atoms with Gasteiger partial charge in [-0.15, -0.1) is 10.2 Å². The van der Waals surface area contributed by atoms with Gasteiger partial charge in [-0.25, -0.2) is 17.2 Å². The van der Waals surface area contributed by atoms with Crippen LogP contribution in [0.1, 0.15) is 36.3 Å². The Kier molecular flexibility index (Phi) is 7.30. The van der Waals surface area contributed by atoms with Crippen molar-refractivity contribution in [1.82, 2.24) is 20.5 Å². The summed E-state index contributed by atoms with van der Waals surface area (Å²) >= 11 is 0. The Morgan fingerprint density at radius 1 is 1.17 bits per heavy atom. The number of halogens is 2. The second-order valence-electron chi connectivity index (χ2n) is 9.36. The van der Waals surface area contributed by atoms with E-state index in [0.29, 0.717) is 22.6 Å². The van der Waals surface area contributed by atoms with Gasteiger partial charge in [0.2, 0.25) is 0 Å². The minimum atomic E-state index is -3.03. The number of anilines is 1. The third-order valence-corrected chi connectivity index (χ3v) is 7.87. The first-order valence-electron chi connectivity index (χ1n) is 11.5. The standard InChI is InChI=1S/C25H27F2N5O3S/c1-16(26)12-25(2,23-20(27)7-4-10-28-23)15-29-22-9-8-21(31-32-22)17-5-3-6-18(11-17)24(33)30-19-13-36(34,35)14-19/h3-11,16,19H,12-15H2,1-2H3,(H,29,32)(H,30,33)/t16-,25-/m0/s1. The Morgan fingerprint density at radius 2 is 1.94 bits per heavy atom. The fourth-order valence-corrected chi connectivity index (χ4v) is 5.60. The Bertz CT molecular complexity index is 1340. The van der Waals surface area contributed by atoms with Crippen LogP contribution in [0.25, 0.3) is 11.3 Å². The van der Waals surface area contributed by atoms with Crippen LogP contribution in [0.2, 0.25) is 0 Å². The Morgan fingerprint density at radius 3 is 2.58 bits per heavy atom. The second-order valence-corrected chi connectivity index (χ2v) is 11.5. The lowest BCUT2D eigenvalue weighted by Gasteiger charge is -2.30. The van der Waals surface area contributed by atoms with Gasteiger partial charge in [0.1, 0.15) is 11.6 Å². The van der Waals surface area contributed by atoms with Gasteiger partial charge < -0.3 is 10.6 Å². The van der Waals surface area contributed by atoms with Crippen molar-refractivity contribution in [3.63, 3.8) is 0 Å². The number of benzene rings is 1. The fourth-order valence-electron chi connectivity index (χ4n) is 4.31. The van der Waals surface area contributed by atoms with Gasteiger partial charge in [0.25, 0.3) is 5.91 Å². The molecule has 0 spiro atoms. The number of nitrogens with zero attached hydrogens (tertiary/aromatic N) is 3. The van der Waals surface area contributed by atoms with Crippen LogP contribution in [0.4, 0.5) is 14.6 Å². The number of aromatic nitrogens is 3. The van der Waals surface area contributed by atoms with E-state index >= 15 is 0 Å². The van der Waals surface area contributed by atoms with Crippen molar-refractivity contribution in [1.29, 1.82) is 0 Å². The maximum absolute atomic E-state index is 14.4. The molecule has 2 aromatic heterocycles. The highest BCUT2D eigenvalue weighted by Crippen LogP contribution is 2.31. The molecule has 4 rings (SSSR count). The highest BCUT2D eigenvalue weighted by Gasteiger charge is 2.35. The minimum absolute atomic E-state index is 0.0470. The number of hydrogen-bond acceptors (Lipinski definition) is 7. The molecule has 1 aromatic carbocycles. The maximum atomic E-state index is 14.4. The number of hydrogen-bond donors (Lipinski definition) is 2. The van der Waals surface area contributed by atoms with E-state index in [1.807, 2.05) is 0 Å². The summed E-state index contributed by atoms with van der Waals surface area (Å²) < 4.78 is 51.0. The molecule has 11 heteroatoms. The molecule has 3 aromatic rings. The van der Waals surface area contributed by atoms with Gasteiger partial charge >= 0.3 is 0 Å². The lowest BCUT2D eigenvalue weighted by atomic mass is 9.81. The zero-order valence-corrected chi connectivity index (χ0v) is 20.7. The second kappa shape index (κ2) is 10.3. The van der Waals surface area contributed by atoms with E-state index in [4.69, 9.17) is 0 Å². The first-order chi connectivity index (χ1) is 17.0. The SMILES string of the molecule is C[C@H](F)C[C@@](C)(CNc1ccc(-c2cccc(C(=O)NC3CS(=O)(=O)C3)c2)nn1)c1ncccc1F. The summed E-state index contributed by atoms with van der Waals surface area (Å²) in [4.78, 5) is 16.6. The van der Waals surface area contributed by atoms with Crippen molar-refractivity contribution >= 4 is 21.6 Å². The Labute approximate surface area is 208 Å². The highest BCUT2D eigenvalue weighted by atomic mass is 32.2. The molecular weight excluding hydrogens is 488 g/mol. The molecule has 1 amide bonds. The molecule has 1 aliphatic heterocycles. The molecule has 2 atom stereocenters. The van der Waals surface area contributed by atoms with Crippen molar-refractivity contribution < 1.29 is 22.0 Å². The van der Waals surface area contributed by atoms with Crippen molar-refractivity contribution in [2.75, 3.05) is 23.4 Å². The van der Waals surface area contributed by atoms with Crippen LogP contribution in [0.15, 0.2) is 54.7 Å². The van der Waals surface area contributed by atoms with Gasteiger partial charge in [-0.3, -0.25) is 9.78 Å². The minimum Gasteiger partial charge on any atom is -0.368 e. The highest BCUT2D eigenvalue weighted by molar-refractivity contribution is 7.92. The normalized spacial score (nSPS) is 17.4. The summed E-state index contributed by atoms with van der Waals surface area (Å²) in [7, 11) is -3.03. The van der Waals surface area contributed by atoms with Gasteiger partial charge in [-0.2, -0.15) is 0 Å². The van der Waals surface area contributed by atoms with Crippen LogP contribution >= 0.6 is 0 Å². The van der Waals surface area contributed by atoms with E-state index in [2.05, 4.69) is 25.8 Å². The number of pyridine rings is 1. The van der Waals surface area contributed by atoms with Gasteiger partial charge in [-0.1, -0.05) is 19.1 Å². The van der Waals surface area contributed by atoms with Gasteiger partial charge in [-0.05, 0) is 49.7 Å². The number of amides is 1. The average molecular weight is 516 g/mol. The summed E-state index contributed by atoms with van der Waals surface area (Å²) in [6, 6.07) is 12.6. The topological polar surface area (TPSA) is 114 Å². The van der Waals surface area contributed by atoms with Gasteiger partial charge in [0, 0.05) is 29.3 Å². The molecule has 1 saturated heterocycles. The van der Waals surface area contributed by atoms with Crippen molar-refractivity contribution in [2.24, 2.45) is 0 Å². The molecule has 1 aliphatic rings. The number of alkyl halides is 1. The monoisotopic (exact) mass is 515 g/mol. The molecule has 3 heterocycles. The molecule has 0 bridgehead atoms. The fraction of sp³-hybridized carbons (Fsp3) is 0.360. The smallest absolute Gasteiger partial charge is 0.251 e. The summed E-state index contributed by atoms with van der Waals surface area (Å²) in [5.74, 6) is -0.519. The van der Waals surface area contributed by atoms with Gasteiger partial charge in [0.05, 0.1) is 35.1 Å². The van der Waals surface area contributed by atoms with E-state index in [1.54, 1.807) is 43.3 Å². The van der Waals surface area contributed by atoms with E-state index in [9.17, 15) is 22.0 Å². The third-order valence-electron chi connectivity index (χ3n) is 6.05. The number of rotatable bonds is 9. The molecule has 1 fully saturated rings. The lowest BCUT2D eigenvalue weighted by molar-refractivity contribution is 0.0942. The van der Waals surface area contributed by atoms with Crippen LogP contribution in [-0.4, -0.2) is 59.8 Å². The number of nitrogens with one attached hydrogen (secondary N) is 2. The summed E-state index contributed by atoms with van der Waals surface area (Å²) in [5, 5.41) is 14.2. The van der Waals surface area contributed by atoms with Crippen LogP contribution in [0.5, 0.6) is 0 Å². The predicted molar refractivity (Wildman–Crippen MR) is 133 cm³/mol. The quantitative estimate of drug-likeness (QED) is 0.449. The first kappa shape index (κ1) is 25.6. The number of sulfone groups is 1. The first-order valence-corrected chi connectivity index (χ1v) is 13.3. The number of carbonyl (C=O) groups excluding carboxylic acids is 1. The van der Waals surface area contributed by atoms with Crippen LogP contribution in [-0.2, 0) is 15.3 Å². The lowest BCUT2D eigenvalue weighted by Crippen LogP contribution is -2.52. The molecule has 36 heavy (non-hydrogen) atoms. The van der Waals surface area contributed by atoms with Crippen LogP contribution < -0.4 is 10.6 Å². The summed E-state index contributed by atoms with van der Waals surface area (Å²) in [5.41, 5.74) is 0.837. The molecule has 0 unspecified atom stereocenters. The van der Waals surface area contributed by atoms with Crippen molar-refractivity contribution in [2.45, 2.75) is 37.9 Å². The molecular formula is C25H27F2N5O3S. The van der Waals surface area contributed by atoms with E-state index in [0.717, 1.165) is 0 Å². The molecule has 8 nitrogen and oxygen atoms in total. The van der Waals surface area contributed by atoms with E-state index < -0.39 is 27.2 Å². The Balaban J connectivity index is 1.44. The predicted octanol–water partition coefficient (Wildman–Crippen LogP) is 3.32. The van der Waals surface area contributed by atoms with E-state index in [1.165, 1.54) is 25.3 Å². The summed E-state index contributed by atoms with van der Waals surface area (Å²) in [6.07, 6.45) is 0.391. The van der Waals surface area contributed by atoms with Crippen molar-refractivity contribution in [3.05, 3.63) is 71.8 Å². The summed E-state index contributed by atoms with van der Waals surface area (Å²) in [6.45, 7) is 3.37. The number of carbonyl (C=O) groups is 1. The molecule has 0 aliphatic carbocycles. The molecule has 0 saturated carbocycles. The maximum Gasteiger partial charge on any atom is 0.251 e. The molecule has 2 N–H and O–H groups in total. The third kappa shape index (κ3) is 6.01. The average Bonchev–Trinajstić information content (AvgIpc) is 2.82. The Hall–Kier alpha value is -3.47. The van der Waals surface area contributed by atoms with Crippen LogP contribution in [0, 0.1) is 5.82 Å². The van der Waals surface area contributed by atoms with Gasteiger partial charge in [0.15, 0.2) is 9.84 Å². The van der Waals surface area contributed by atoms with Crippen molar-refractivity contribution in [3.8, 4) is 11.3 Å². The zero-order chi connectivity index (χ0) is 25.9. The van der Waals surface area contributed by atoms with E-state index in [-0.39, 0.29) is 42.1 Å². The molecule has 190 valence electrons.